The third-order valence-electron chi connectivity index (χ3n) is 3.25. The molecule has 0 spiro atoms. The van der Waals surface area contributed by atoms with E-state index < -0.39 is 0 Å². The van der Waals surface area contributed by atoms with Gasteiger partial charge >= 0.3 is 0 Å². The van der Waals surface area contributed by atoms with E-state index in [-0.39, 0.29) is 0 Å². The van der Waals surface area contributed by atoms with Gasteiger partial charge in [0.15, 0.2) is 0 Å². The predicted octanol–water partition coefficient (Wildman–Crippen LogP) is 1.88. The highest BCUT2D eigenvalue weighted by molar-refractivity contribution is 6.30. The number of hydrogen-bond acceptors (Lipinski definition) is 5. The van der Waals surface area contributed by atoms with Crippen molar-refractivity contribution < 1.29 is 4.74 Å². The number of nitrogens with one attached hydrogen (secondary N) is 1. The van der Waals surface area contributed by atoms with Crippen LogP contribution in [-0.2, 0) is 4.74 Å². The average Bonchev–Trinajstić information content (AvgIpc) is 2.41. The van der Waals surface area contributed by atoms with E-state index >= 15 is 0 Å². The number of halogens is 1. The van der Waals surface area contributed by atoms with Crippen LogP contribution in [0.15, 0.2) is 0 Å². The fourth-order valence-corrected chi connectivity index (χ4v) is 2.31. The molecule has 1 aromatic rings. The van der Waals surface area contributed by atoms with Crippen LogP contribution < -0.4 is 5.32 Å². The van der Waals surface area contributed by atoms with Crippen LogP contribution in [0, 0.1) is 13.8 Å². The van der Waals surface area contributed by atoms with Crippen molar-refractivity contribution >= 4 is 17.4 Å². The van der Waals surface area contributed by atoms with E-state index in [2.05, 4.69) is 20.2 Å². The molecule has 106 valence electrons. The number of hydrogen-bond donors (Lipinski definition) is 1. The Kier molecular flexibility index (Phi) is 5.36. The number of nitrogens with zero attached hydrogens (tertiary/aromatic N) is 3. The monoisotopic (exact) mass is 284 g/mol. The lowest BCUT2D eigenvalue weighted by Crippen LogP contribution is -2.37. The molecule has 0 bridgehead atoms. The molecule has 1 aromatic heterocycles. The first-order chi connectivity index (χ1) is 9.16. The molecule has 0 aliphatic carbocycles. The van der Waals surface area contributed by atoms with Gasteiger partial charge in [-0.2, -0.15) is 0 Å². The van der Waals surface area contributed by atoms with Gasteiger partial charge in [0.05, 0.1) is 13.2 Å². The van der Waals surface area contributed by atoms with Crippen molar-refractivity contribution in [3.63, 3.8) is 0 Å². The van der Waals surface area contributed by atoms with Crippen LogP contribution in [0.2, 0.25) is 5.15 Å². The Hall–Kier alpha value is -0.910. The van der Waals surface area contributed by atoms with Gasteiger partial charge in [-0.25, -0.2) is 9.97 Å². The summed E-state index contributed by atoms with van der Waals surface area (Å²) in [5.74, 6) is 1.55. The van der Waals surface area contributed by atoms with Crippen LogP contribution in [0.5, 0.6) is 0 Å². The van der Waals surface area contributed by atoms with Crippen LogP contribution in [0.1, 0.15) is 17.8 Å². The molecule has 1 saturated heterocycles. The molecule has 0 atom stereocenters. The van der Waals surface area contributed by atoms with Gasteiger partial charge in [-0.1, -0.05) is 11.6 Å². The van der Waals surface area contributed by atoms with Gasteiger partial charge in [-0.05, 0) is 26.8 Å². The highest BCUT2D eigenvalue weighted by Crippen LogP contribution is 2.19. The summed E-state index contributed by atoms with van der Waals surface area (Å²) in [4.78, 5) is 10.9. The molecule has 2 heterocycles. The molecular weight excluding hydrogens is 264 g/mol. The van der Waals surface area contributed by atoms with Crippen molar-refractivity contribution in [2.75, 3.05) is 44.7 Å². The Bertz CT molecular complexity index is 421. The molecule has 5 nitrogen and oxygen atoms in total. The van der Waals surface area contributed by atoms with E-state index in [1.165, 1.54) is 0 Å². The third-order valence-corrected chi connectivity index (χ3v) is 3.61. The minimum absolute atomic E-state index is 0.531. The van der Waals surface area contributed by atoms with Gasteiger partial charge < -0.3 is 10.1 Å². The van der Waals surface area contributed by atoms with Crippen molar-refractivity contribution in [1.82, 2.24) is 14.9 Å². The minimum atomic E-state index is 0.531. The summed E-state index contributed by atoms with van der Waals surface area (Å²) < 4.78 is 5.33. The standard InChI is InChI=1S/C13H21ClN4O/c1-10-12(14)16-11(2)17-13(10)15-4-3-5-18-6-8-19-9-7-18/h3-9H2,1-2H3,(H,15,16,17). The van der Waals surface area contributed by atoms with Gasteiger partial charge in [-0.3, -0.25) is 4.90 Å². The van der Waals surface area contributed by atoms with E-state index in [1.54, 1.807) is 0 Å². The molecule has 0 amide bonds. The first kappa shape index (κ1) is 14.5. The molecule has 0 aromatic carbocycles. The summed E-state index contributed by atoms with van der Waals surface area (Å²) >= 11 is 6.04. The Morgan fingerprint density at radius 2 is 2.00 bits per heavy atom. The van der Waals surface area contributed by atoms with Crippen LogP contribution in [-0.4, -0.2) is 54.3 Å². The van der Waals surface area contributed by atoms with Gasteiger partial charge in [0, 0.05) is 25.2 Å². The van der Waals surface area contributed by atoms with E-state index in [1.807, 2.05) is 13.8 Å². The summed E-state index contributed by atoms with van der Waals surface area (Å²) in [6, 6.07) is 0. The predicted molar refractivity (Wildman–Crippen MR) is 76.9 cm³/mol. The Labute approximate surface area is 119 Å². The Morgan fingerprint density at radius 3 is 2.74 bits per heavy atom. The van der Waals surface area contributed by atoms with E-state index in [9.17, 15) is 0 Å². The normalized spacial score (nSPS) is 16.6. The SMILES string of the molecule is Cc1nc(Cl)c(C)c(NCCCN2CCOCC2)n1. The minimum Gasteiger partial charge on any atom is -0.379 e. The number of ether oxygens (including phenoxy) is 1. The largest absolute Gasteiger partial charge is 0.379 e. The lowest BCUT2D eigenvalue weighted by atomic mass is 10.3. The van der Waals surface area contributed by atoms with Crippen LogP contribution in [0.25, 0.3) is 0 Å². The maximum Gasteiger partial charge on any atom is 0.137 e. The molecule has 1 N–H and O–H groups in total. The number of anilines is 1. The second kappa shape index (κ2) is 7.03. The van der Waals surface area contributed by atoms with Crippen LogP contribution in [0.3, 0.4) is 0 Å². The molecule has 0 radical (unpaired) electrons. The summed E-state index contributed by atoms with van der Waals surface area (Å²) in [5, 5.41) is 3.87. The first-order valence-corrected chi connectivity index (χ1v) is 7.09. The summed E-state index contributed by atoms with van der Waals surface area (Å²) in [6.07, 6.45) is 1.08. The van der Waals surface area contributed by atoms with Crippen molar-refractivity contribution in [3.8, 4) is 0 Å². The molecule has 1 aliphatic heterocycles. The zero-order valence-electron chi connectivity index (χ0n) is 11.6. The van der Waals surface area contributed by atoms with Gasteiger partial charge in [0.1, 0.15) is 16.8 Å². The van der Waals surface area contributed by atoms with E-state index in [0.29, 0.717) is 11.0 Å². The van der Waals surface area contributed by atoms with Gasteiger partial charge in [0.25, 0.3) is 0 Å². The molecule has 1 fully saturated rings. The summed E-state index contributed by atoms with van der Waals surface area (Å²) in [7, 11) is 0. The number of aryl methyl sites for hydroxylation is 1. The highest BCUT2D eigenvalue weighted by atomic mass is 35.5. The lowest BCUT2D eigenvalue weighted by molar-refractivity contribution is 0.0378. The molecular formula is C13H21ClN4O. The fraction of sp³-hybridized carbons (Fsp3) is 0.692. The maximum atomic E-state index is 6.04. The zero-order valence-corrected chi connectivity index (χ0v) is 12.3. The topological polar surface area (TPSA) is 50.3 Å². The van der Waals surface area contributed by atoms with Crippen LogP contribution >= 0.6 is 11.6 Å². The van der Waals surface area contributed by atoms with Crippen molar-refractivity contribution in [2.24, 2.45) is 0 Å². The highest BCUT2D eigenvalue weighted by Gasteiger charge is 2.10. The Morgan fingerprint density at radius 1 is 1.26 bits per heavy atom. The van der Waals surface area contributed by atoms with E-state index in [0.717, 1.165) is 57.2 Å². The quantitative estimate of drug-likeness (QED) is 0.661. The van der Waals surface area contributed by atoms with Crippen molar-refractivity contribution in [1.29, 1.82) is 0 Å². The van der Waals surface area contributed by atoms with Crippen molar-refractivity contribution in [2.45, 2.75) is 20.3 Å². The molecule has 0 saturated carbocycles. The third kappa shape index (κ3) is 4.30. The second-order valence-electron chi connectivity index (χ2n) is 4.77. The number of rotatable bonds is 5. The summed E-state index contributed by atoms with van der Waals surface area (Å²) in [6.45, 7) is 9.56. The molecule has 2 rings (SSSR count). The molecule has 19 heavy (non-hydrogen) atoms. The zero-order chi connectivity index (χ0) is 13.7. The Balaban J connectivity index is 1.76. The van der Waals surface area contributed by atoms with Crippen molar-refractivity contribution in [3.05, 3.63) is 16.5 Å². The summed E-state index contributed by atoms with van der Waals surface area (Å²) in [5.41, 5.74) is 0.915. The maximum absolute atomic E-state index is 6.04. The molecule has 0 unspecified atom stereocenters. The average molecular weight is 285 g/mol. The fourth-order valence-electron chi connectivity index (χ4n) is 2.10. The first-order valence-electron chi connectivity index (χ1n) is 6.71. The second-order valence-corrected chi connectivity index (χ2v) is 5.13. The van der Waals surface area contributed by atoms with E-state index in [4.69, 9.17) is 16.3 Å². The number of morpholine rings is 1. The molecule has 6 heteroatoms. The smallest absolute Gasteiger partial charge is 0.137 e. The number of aromatic nitrogens is 2. The van der Waals surface area contributed by atoms with Gasteiger partial charge in [0.2, 0.25) is 0 Å². The van der Waals surface area contributed by atoms with Gasteiger partial charge in [-0.15, -0.1) is 0 Å². The molecule has 1 aliphatic rings. The van der Waals surface area contributed by atoms with Crippen LogP contribution in [0.4, 0.5) is 5.82 Å². The lowest BCUT2D eigenvalue weighted by Gasteiger charge is -2.26.